The number of rotatable bonds is 5. The van der Waals surface area contributed by atoms with E-state index in [1.807, 2.05) is 0 Å². The highest BCUT2D eigenvalue weighted by Gasteiger charge is 2.20. The summed E-state index contributed by atoms with van der Waals surface area (Å²) in [6.07, 6.45) is 4.89. The third-order valence-corrected chi connectivity index (χ3v) is 3.75. The molecule has 1 aromatic heterocycles. The summed E-state index contributed by atoms with van der Waals surface area (Å²) in [5, 5.41) is 3.11. The van der Waals surface area contributed by atoms with E-state index < -0.39 is 0 Å². The number of aromatic nitrogens is 1. The fraction of sp³-hybridized carbons (Fsp3) is 0.600. The van der Waals surface area contributed by atoms with Gasteiger partial charge in [-0.25, -0.2) is 0 Å². The van der Waals surface area contributed by atoms with E-state index in [0.717, 1.165) is 38.2 Å². The number of likely N-dealkylation sites (tertiary alicyclic amines) is 1. The number of amides is 1. The van der Waals surface area contributed by atoms with E-state index in [1.165, 1.54) is 6.42 Å². The van der Waals surface area contributed by atoms with Gasteiger partial charge < -0.3 is 16.0 Å². The quantitative estimate of drug-likeness (QED) is 0.853. The molecule has 0 aliphatic carbocycles. The maximum Gasteiger partial charge on any atom is 0.251 e. The molecule has 0 bridgehead atoms. The third kappa shape index (κ3) is 6.08. The molecular weight excluding hydrogens is 323 g/mol. The summed E-state index contributed by atoms with van der Waals surface area (Å²) >= 11 is 0. The molecule has 1 aliphatic rings. The maximum atomic E-state index is 12.2. The number of pyridine rings is 1. The summed E-state index contributed by atoms with van der Waals surface area (Å²) in [7, 11) is 0. The Labute approximate surface area is 144 Å². The molecule has 22 heavy (non-hydrogen) atoms. The molecule has 0 aromatic carbocycles. The van der Waals surface area contributed by atoms with Crippen molar-refractivity contribution in [3.8, 4) is 0 Å². The number of piperidine rings is 1. The summed E-state index contributed by atoms with van der Waals surface area (Å²) in [4.78, 5) is 18.8. The SMILES string of the molecule is CCCN1CCC(NC(=O)c2ccnc(CN)c2)CC1.Cl.Cl. The average Bonchev–Trinajstić information content (AvgIpc) is 2.49. The van der Waals surface area contributed by atoms with Crippen molar-refractivity contribution in [2.24, 2.45) is 5.73 Å². The molecule has 1 aromatic rings. The first-order valence-electron chi connectivity index (χ1n) is 7.41. The van der Waals surface area contributed by atoms with Crippen molar-refractivity contribution < 1.29 is 4.79 Å². The van der Waals surface area contributed by atoms with Gasteiger partial charge >= 0.3 is 0 Å². The number of carbonyl (C=O) groups is 1. The predicted molar refractivity (Wildman–Crippen MR) is 93.8 cm³/mol. The normalized spacial score (nSPS) is 15.5. The number of hydrogen-bond donors (Lipinski definition) is 2. The number of hydrogen-bond acceptors (Lipinski definition) is 4. The van der Waals surface area contributed by atoms with Gasteiger partial charge in [0.15, 0.2) is 0 Å². The zero-order valence-electron chi connectivity index (χ0n) is 13.0. The van der Waals surface area contributed by atoms with E-state index in [9.17, 15) is 4.79 Å². The number of carbonyl (C=O) groups excluding carboxylic acids is 1. The largest absolute Gasteiger partial charge is 0.349 e. The molecule has 5 nitrogen and oxygen atoms in total. The lowest BCUT2D eigenvalue weighted by molar-refractivity contribution is 0.0911. The summed E-state index contributed by atoms with van der Waals surface area (Å²) in [6.45, 7) is 5.86. The predicted octanol–water partition coefficient (Wildman–Crippen LogP) is 1.99. The Morgan fingerprint density at radius 1 is 1.41 bits per heavy atom. The van der Waals surface area contributed by atoms with E-state index in [2.05, 4.69) is 22.1 Å². The molecule has 7 heteroatoms. The molecule has 0 atom stereocenters. The van der Waals surface area contributed by atoms with Crippen molar-refractivity contribution in [3.63, 3.8) is 0 Å². The number of nitrogens with one attached hydrogen (secondary N) is 1. The fourth-order valence-corrected chi connectivity index (χ4v) is 2.62. The summed E-state index contributed by atoms with van der Waals surface area (Å²) in [5.74, 6) is -0.0176. The van der Waals surface area contributed by atoms with E-state index in [0.29, 0.717) is 12.1 Å². The lowest BCUT2D eigenvalue weighted by Crippen LogP contribution is -2.44. The van der Waals surface area contributed by atoms with Crippen LogP contribution in [0.4, 0.5) is 0 Å². The van der Waals surface area contributed by atoms with Gasteiger partial charge in [0.2, 0.25) is 0 Å². The molecule has 126 valence electrons. The van der Waals surface area contributed by atoms with Crippen LogP contribution in [0.2, 0.25) is 0 Å². The Hall–Kier alpha value is -0.880. The van der Waals surface area contributed by atoms with Crippen molar-refractivity contribution in [2.45, 2.75) is 38.8 Å². The molecule has 1 saturated heterocycles. The van der Waals surface area contributed by atoms with Crippen LogP contribution in [0.15, 0.2) is 18.3 Å². The van der Waals surface area contributed by atoms with Crippen LogP contribution >= 0.6 is 24.8 Å². The molecule has 2 heterocycles. The first-order chi connectivity index (χ1) is 9.72. The van der Waals surface area contributed by atoms with Crippen LogP contribution in [0.3, 0.4) is 0 Å². The Bertz CT molecular complexity index is 451. The molecule has 0 unspecified atom stereocenters. The number of nitrogens with zero attached hydrogens (tertiary/aromatic N) is 2. The minimum absolute atomic E-state index is 0. The second-order valence-electron chi connectivity index (χ2n) is 5.33. The number of nitrogens with two attached hydrogens (primary N) is 1. The number of halogens is 2. The van der Waals surface area contributed by atoms with Gasteiger partial charge in [-0.1, -0.05) is 6.92 Å². The van der Waals surface area contributed by atoms with E-state index in [1.54, 1.807) is 18.3 Å². The van der Waals surface area contributed by atoms with Gasteiger partial charge in [-0.3, -0.25) is 9.78 Å². The Morgan fingerprint density at radius 3 is 2.68 bits per heavy atom. The Morgan fingerprint density at radius 2 is 2.09 bits per heavy atom. The molecule has 1 aliphatic heterocycles. The standard InChI is InChI=1S/C15H24N4O.2ClH/c1-2-7-19-8-4-13(5-9-19)18-15(20)12-3-6-17-14(10-12)11-16;;/h3,6,10,13H,2,4-5,7-9,11,16H2,1H3,(H,18,20);2*1H. The van der Waals surface area contributed by atoms with Crippen LogP contribution in [0, 0.1) is 0 Å². The monoisotopic (exact) mass is 348 g/mol. The zero-order chi connectivity index (χ0) is 14.4. The van der Waals surface area contributed by atoms with Crippen LogP contribution in [-0.4, -0.2) is 41.5 Å². The van der Waals surface area contributed by atoms with Gasteiger partial charge in [-0.05, 0) is 37.9 Å². The van der Waals surface area contributed by atoms with Crippen molar-refractivity contribution in [3.05, 3.63) is 29.6 Å². The highest BCUT2D eigenvalue weighted by atomic mass is 35.5. The minimum atomic E-state index is -0.0176. The van der Waals surface area contributed by atoms with Gasteiger partial charge in [-0.15, -0.1) is 24.8 Å². The lowest BCUT2D eigenvalue weighted by atomic mass is 10.0. The lowest BCUT2D eigenvalue weighted by Gasteiger charge is -2.32. The van der Waals surface area contributed by atoms with Gasteiger partial charge in [0, 0.05) is 37.4 Å². The van der Waals surface area contributed by atoms with Gasteiger partial charge in [0.1, 0.15) is 0 Å². The molecule has 1 amide bonds. The van der Waals surface area contributed by atoms with Crippen molar-refractivity contribution in [1.82, 2.24) is 15.2 Å². The van der Waals surface area contributed by atoms with Gasteiger partial charge in [0.05, 0.1) is 5.69 Å². The van der Waals surface area contributed by atoms with Crippen LogP contribution in [-0.2, 0) is 6.54 Å². The first kappa shape index (κ1) is 21.1. The highest BCUT2D eigenvalue weighted by Crippen LogP contribution is 2.11. The fourth-order valence-electron chi connectivity index (χ4n) is 2.62. The molecule has 0 saturated carbocycles. The molecule has 2 rings (SSSR count). The Kier molecular flexibility index (Phi) is 10.3. The van der Waals surface area contributed by atoms with Crippen molar-refractivity contribution in [1.29, 1.82) is 0 Å². The van der Waals surface area contributed by atoms with E-state index >= 15 is 0 Å². The summed E-state index contributed by atoms with van der Waals surface area (Å²) in [6, 6.07) is 3.78. The average molecular weight is 349 g/mol. The topological polar surface area (TPSA) is 71.2 Å². The zero-order valence-corrected chi connectivity index (χ0v) is 14.6. The molecule has 3 N–H and O–H groups in total. The van der Waals surface area contributed by atoms with E-state index in [4.69, 9.17) is 5.73 Å². The summed E-state index contributed by atoms with van der Waals surface area (Å²) in [5.41, 5.74) is 6.94. The summed E-state index contributed by atoms with van der Waals surface area (Å²) < 4.78 is 0. The van der Waals surface area contributed by atoms with Gasteiger partial charge in [0.25, 0.3) is 5.91 Å². The second-order valence-corrected chi connectivity index (χ2v) is 5.33. The third-order valence-electron chi connectivity index (χ3n) is 3.75. The van der Waals surface area contributed by atoms with Crippen LogP contribution < -0.4 is 11.1 Å². The maximum absolute atomic E-state index is 12.2. The highest BCUT2D eigenvalue weighted by molar-refractivity contribution is 5.94. The van der Waals surface area contributed by atoms with Crippen LogP contribution in [0.1, 0.15) is 42.2 Å². The smallest absolute Gasteiger partial charge is 0.251 e. The molecular formula is C15H26Cl2N4O. The second kappa shape index (κ2) is 10.8. The van der Waals surface area contributed by atoms with Crippen LogP contribution in [0.5, 0.6) is 0 Å². The molecule has 1 fully saturated rings. The Balaban J connectivity index is 0.00000220. The van der Waals surface area contributed by atoms with Gasteiger partial charge in [-0.2, -0.15) is 0 Å². The van der Waals surface area contributed by atoms with Crippen molar-refractivity contribution >= 4 is 30.7 Å². The van der Waals surface area contributed by atoms with Crippen LogP contribution in [0.25, 0.3) is 0 Å². The van der Waals surface area contributed by atoms with Crippen molar-refractivity contribution in [2.75, 3.05) is 19.6 Å². The van der Waals surface area contributed by atoms with E-state index in [-0.39, 0.29) is 36.8 Å². The molecule has 0 spiro atoms. The first-order valence-corrected chi connectivity index (χ1v) is 7.41. The minimum Gasteiger partial charge on any atom is -0.349 e. The molecule has 0 radical (unpaired) electrons.